The fraction of sp³-hybridized carbons (Fsp3) is 0.500. The van der Waals surface area contributed by atoms with Crippen molar-refractivity contribution >= 4 is 7.60 Å². The minimum absolute atomic E-state index is 0.0636. The summed E-state index contributed by atoms with van der Waals surface area (Å²) in [6.45, 7) is 59.1. The fourth-order valence-electron chi connectivity index (χ4n) is 6.87. The number of piperazine rings is 1. The highest BCUT2D eigenvalue weighted by Crippen LogP contribution is 2.49. The minimum Gasteiger partial charge on any atom is -0.500 e. The molecule has 88 heavy (non-hydrogen) atoms. The van der Waals surface area contributed by atoms with Crippen molar-refractivity contribution in [1.82, 2.24) is 24.5 Å². The van der Waals surface area contributed by atoms with E-state index in [2.05, 4.69) is 148 Å². The number of hydrogen-bond donors (Lipinski definition) is 1. The predicted octanol–water partition coefficient (Wildman–Crippen LogP) is 12.6. The molecule has 0 spiro atoms. The number of likely N-dealkylation sites (N-methyl/N-ethyl adjacent to an activating group) is 2. The van der Waals surface area contributed by atoms with Gasteiger partial charge in [0.15, 0.2) is 0 Å². The molecular weight excluding hydrogens is 1140 g/mol. The first-order valence-corrected chi connectivity index (χ1v) is 31.6. The lowest BCUT2D eigenvalue weighted by molar-refractivity contribution is 0.0486. The Bertz CT molecular complexity index is 2100. The maximum Gasteiger partial charge on any atom is 0.402 e. The number of nitrogens with zero attached hydrogens (tertiary/aromatic N) is 5. The second-order valence-electron chi connectivity index (χ2n) is 18.5. The van der Waals surface area contributed by atoms with Gasteiger partial charge in [-0.3, -0.25) is 14.3 Å². The molecule has 1 N–H and O–H groups in total. The molecule has 1 atom stereocenters. The molecule has 3 aromatic rings. The van der Waals surface area contributed by atoms with Gasteiger partial charge < -0.3 is 71.7 Å². The lowest BCUT2D eigenvalue weighted by Crippen LogP contribution is -2.46. The number of ether oxygens (including phenoxy) is 10. The number of aliphatic hydroxyl groups is 1. The van der Waals surface area contributed by atoms with E-state index < -0.39 is 7.60 Å². The zero-order chi connectivity index (χ0) is 66.2. The molecule has 0 aliphatic carbocycles. The van der Waals surface area contributed by atoms with Crippen LogP contribution in [0.2, 0.25) is 0 Å². The maximum atomic E-state index is 11.1. The lowest BCUT2D eigenvalue weighted by Gasteiger charge is -2.34. The summed E-state index contributed by atoms with van der Waals surface area (Å²) in [7, 11) is 3.25. The van der Waals surface area contributed by atoms with Crippen LogP contribution < -0.4 is 9.47 Å². The maximum absolute atomic E-state index is 11.1. The van der Waals surface area contributed by atoms with Crippen molar-refractivity contribution in [3.63, 3.8) is 0 Å². The molecule has 1 saturated heterocycles. The summed E-state index contributed by atoms with van der Waals surface area (Å²) in [5, 5.41) is 8.24. The monoisotopic (exact) mass is 1260 g/mol. The van der Waals surface area contributed by atoms with Crippen LogP contribution in [0.15, 0.2) is 187 Å². The number of aliphatic hydroxyl groups excluding tert-OH is 1. The molecule has 0 radical (unpaired) electrons. The number of para-hydroxylation sites is 2. The van der Waals surface area contributed by atoms with Crippen LogP contribution in [-0.2, 0) is 58.1 Å². The summed E-state index contributed by atoms with van der Waals surface area (Å²) in [5.41, 5.74) is 2.74. The third-order valence-corrected chi connectivity index (χ3v) is 12.9. The van der Waals surface area contributed by atoms with Crippen molar-refractivity contribution in [2.24, 2.45) is 0 Å². The van der Waals surface area contributed by atoms with Crippen molar-refractivity contribution in [1.29, 1.82) is 0 Å². The van der Waals surface area contributed by atoms with E-state index in [1.807, 2.05) is 74.5 Å². The Morgan fingerprint density at radius 2 is 1.05 bits per heavy atom. The Morgan fingerprint density at radius 1 is 0.557 bits per heavy atom. The quantitative estimate of drug-likeness (QED) is 0.0323. The van der Waals surface area contributed by atoms with Gasteiger partial charge in [0.2, 0.25) is 0 Å². The second-order valence-corrected chi connectivity index (χ2v) is 20.5. The Kier molecular flexibility index (Phi) is 62.1. The van der Waals surface area contributed by atoms with Crippen LogP contribution in [-0.4, -0.2) is 202 Å². The van der Waals surface area contributed by atoms with Gasteiger partial charge >= 0.3 is 7.60 Å². The van der Waals surface area contributed by atoms with Gasteiger partial charge in [-0.2, -0.15) is 0 Å². The van der Waals surface area contributed by atoms with Gasteiger partial charge in [0, 0.05) is 58.2 Å². The molecule has 0 bridgehead atoms. The van der Waals surface area contributed by atoms with E-state index in [4.69, 9.17) is 57.0 Å². The van der Waals surface area contributed by atoms with E-state index in [-0.39, 0.29) is 12.6 Å². The molecule has 1 aliphatic heterocycles. The van der Waals surface area contributed by atoms with E-state index in [0.717, 1.165) is 110 Å². The van der Waals surface area contributed by atoms with Crippen LogP contribution in [0, 0.1) is 6.92 Å². The van der Waals surface area contributed by atoms with Crippen LogP contribution >= 0.6 is 7.60 Å². The topological polar surface area (TPSA) is 164 Å². The van der Waals surface area contributed by atoms with Crippen molar-refractivity contribution in [3.8, 4) is 11.5 Å². The van der Waals surface area contributed by atoms with E-state index in [0.29, 0.717) is 70.3 Å². The molecule has 19 nitrogen and oxygen atoms in total. The van der Waals surface area contributed by atoms with Gasteiger partial charge in [-0.15, -0.1) is 0 Å². The Balaban J connectivity index is -0.000000978. The number of rotatable bonds is 42. The summed E-state index contributed by atoms with van der Waals surface area (Å²) in [6.07, 6.45) is 8.10. The highest BCUT2D eigenvalue weighted by Gasteiger charge is 2.18. The average molecular weight is 1260 g/mol. The Labute approximate surface area is 532 Å². The van der Waals surface area contributed by atoms with Crippen molar-refractivity contribution in [3.05, 3.63) is 198 Å². The summed E-state index contributed by atoms with van der Waals surface area (Å²) in [4.78, 5) is 11.8. The molecule has 1 fully saturated rings. The molecule has 0 aromatic heterocycles. The Morgan fingerprint density at radius 3 is 1.49 bits per heavy atom. The lowest BCUT2D eigenvalue weighted by atomic mass is 10.1. The van der Waals surface area contributed by atoms with Gasteiger partial charge in [-0.1, -0.05) is 120 Å². The van der Waals surface area contributed by atoms with E-state index in [1.54, 1.807) is 6.92 Å². The molecule has 3 aromatic carbocycles. The minimum atomic E-state index is -3.05. The third-order valence-electron chi connectivity index (χ3n) is 11.4. The SMILES string of the molecule is C=C(OCC)OCC.C=C(Oc1ccccc1)Oc1ccccc1.C=COCCN(C)CCCN(C)C.C=COCCN1CCN(Cc2ccc(C)cc2)CC1.C=COCCOCCN(CC)CC.C=COCCOCCO.C=COP(=O)(C=C)OCC. The van der Waals surface area contributed by atoms with Gasteiger partial charge in [-0.05, 0) is 124 Å². The molecule has 500 valence electrons. The van der Waals surface area contributed by atoms with Crippen LogP contribution in [0.25, 0.3) is 0 Å². The zero-order valence-corrected chi connectivity index (χ0v) is 56.2. The first-order valence-electron chi connectivity index (χ1n) is 30.0. The first kappa shape index (κ1) is 85.9. The molecule has 4 rings (SSSR count). The summed E-state index contributed by atoms with van der Waals surface area (Å²) in [6, 6.07) is 27.7. The summed E-state index contributed by atoms with van der Waals surface area (Å²) in [5.74, 6) is 3.25. The predicted molar refractivity (Wildman–Crippen MR) is 361 cm³/mol. The van der Waals surface area contributed by atoms with Gasteiger partial charge in [0.25, 0.3) is 11.9 Å². The van der Waals surface area contributed by atoms with Crippen LogP contribution in [0.4, 0.5) is 0 Å². The molecule has 0 saturated carbocycles. The molecular formula is C68H114N5O14P. The summed E-state index contributed by atoms with van der Waals surface area (Å²) >= 11 is 0. The Hall–Kier alpha value is -6.35. The van der Waals surface area contributed by atoms with Crippen LogP contribution in [0.5, 0.6) is 11.5 Å². The second kappa shape index (κ2) is 63.7. The van der Waals surface area contributed by atoms with Crippen molar-refractivity contribution < 1.29 is 66.1 Å². The first-order chi connectivity index (χ1) is 42.5. The normalized spacial score (nSPS) is 12.0. The fourth-order valence-corrected chi connectivity index (χ4v) is 7.69. The van der Waals surface area contributed by atoms with Gasteiger partial charge in [0.1, 0.15) is 24.7 Å². The molecule has 1 unspecified atom stereocenters. The zero-order valence-electron chi connectivity index (χ0n) is 55.3. The van der Waals surface area contributed by atoms with Gasteiger partial charge in [0.05, 0.1) is 97.4 Å². The number of benzene rings is 3. The van der Waals surface area contributed by atoms with E-state index in [1.165, 1.54) is 42.6 Å². The van der Waals surface area contributed by atoms with E-state index >= 15 is 0 Å². The van der Waals surface area contributed by atoms with Crippen molar-refractivity contribution in [2.45, 2.75) is 54.5 Å². The van der Waals surface area contributed by atoms with Crippen LogP contribution in [0.3, 0.4) is 0 Å². The number of hydrogen-bond acceptors (Lipinski definition) is 19. The number of aryl methyl sites for hydroxylation is 1. The largest absolute Gasteiger partial charge is 0.500 e. The summed E-state index contributed by atoms with van der Waals surface area (Å²) < 4.78 is 71.1. The average Bonchev–Trinajstić information content (AvgIpc) is 3.64. The van der Waals surface area contributed by atoms with Crippen LogP contribution in [0.1, 0.15) is 52.2 Å². The molecule has 20 heteroatoms. The highest BCUT2D eigenvalue weighted by molar-refractivity contribution is 7.57. The standard InChI is InChI=1S/C16H24N2O.C14H12O2.C10H22N2O.C10H21NO2.C6H11O3P.C6H12O3.C6H12O2/c1-3-19-13-12-17-8-10-18(11-9-17)14-16-6-4-15(2)5-7-16;1-12(15-13-8-4-2-5-9-13)16-14-10-6-3-7-11-14;1-5-13-10-9-12(4)8-6-7-11(2)3;1-4-11(5-2)7-8-13-10-9-12-6-3;1-4-8-10(7,6-3)9-5-2;1-2-8-5-6-9-4-3-7;1-4-7-6(3)8-5-2/h3-7H,1,8-14H2,2H3;2-11H,1H2;5H,1,6-10H2,2-4H3;6H,3-5,7-10H2,1-2H3;4,6H,1,3,5H2,2H3;2,7H,1,3-6H2;3-5H2,1-2H3. The molecule has 1 heterocycles. The molecule has 0 amide bonds. The van der Waals surface area contributed by atoms with E-state index in [9.17, 15) is 4.57 Å². The highest BCUT2D eigenvalue weighted by atomic mass is 31.2. The van der Waals surface area contributed by atoms with Gasteiger partial charge in [-0.25, -0.2) is 4.57 Å². The van der Waals surface area contributed by atoms with Crippen molar-refractivity contribution in [2.75, 3.05) is 172 Å². The molecule has 1 aliphatic rings. The third kappa shape index (κ3) is 57.4. The smallest absolute Gasteiger partial charge is 0.402 e.